The number of carbonyl (C=O) groups is 2. The van der Waals surface area contributed by atoms with Crippen LogP contribution in [0.5, 0.6) is 34.5 Å². The van der Waals surface area contributed by atoms with Crippen molar-refractivity contribution in [2.45, 2.75) is 93.2 Å². The fourth-order valence-corrected chi connectivity index (χ4v) is 7.79. The zero-order valence-electron chi connectivity index (χ0n) is 42.8. The second-order valence-electron chi connectivity index (χ2n) is 15.9. The highest BCUT2D eigenvalue weighted by molar-refractivity contribution is 5.81. The average Bonchev–Trinajstić information content (AvgIpc) is 3.38. The van der Waals surface area contributed by atoms with Crippen LogP contribution in [0.2, 0.25) is 0 Å². The Morgan fingerprint density at radius 2 is 0.884 bits per heavy atom. The van der Waals surface area contributed by atoms with Crippen LogP contribution in [0, 0.1) is 25.7 Å². The van der Waals surface area contributed by atoms with Crippen LogP contribution >= 0.6 is 0 Å². The van der Waals surface area contributed by atoms with E-state index in [1.54, 1.807) is 101 Å². The molecule has 0 aliphatic rings. The zero-order valence-corrected chi connectivity index (χ0v) is 40.8. The SMILES string of the molecule is C.CCC(C(=O)NCCCCN)C(O)(c1ccc(OC)cc1)c1ccc(Oc2ccc(C)cc2)cc1.CCC(C(=O)O)C(O)(c1ccc(OC)cc1)c1ccc(Oc2ccc(C)cc2)cc1.[2H]CC.[3H]C. The maximum atomic E-state index is 13.2. The highest BCUT2D eigenvalue weighted by Gasteiger charge is 2.45. The number of hydrogen-bond donors (Lipinski definition) is 5. The van der Waals surface area contributed by atoms with Crippen LogP contribution in [0.15, 0.2) is 146 Å². The number of amides is 1. The third-order valence-electron chi connectivity index (χ3n) is 11.5. The molecule has 6 rings (SSSR count). The molecule has 6 aromatic rings. The minimum atomic E-state index is -1.70. The number of carbonyl (C=O) groups excluding carboxylic acids is 1. The Labute approximate surface area is 414 Å². The third-order valence-corrected chi connectivity index (χ3v) is 11.5. The van der Waals surface area contributed by atoms with Gasteiger partial charge in [0, 0.05) is 9.29 Å². The van der Waals surface area contributed by atoms with Crippen LogP contribution in [0.3, 0.4) is 0 Å². The van der Waals surface area contributed by atoms with E-state index in [9.17, 15) is 24.9 Å². The normalized spacial score (nSPS) is 13.3. The molecular formula is C58H76N2O9. The Morgan fingerprint density at radius 1 is 0.594 bits per heavy atom. The highest BCUT2D eigenvalue weighted by atomic mass is 16.5. The summed E-state index contributed by atoms with van der Waals surface area (Å²) in [6.45, 7) is 11.1. The number of unbranched alkanes of at least 4 members (excludes halogenated alkanes) is 1. The smallest absolute Gasteiger partial charge is 0.310 e. The van der Waals surface area contributed by atoms with Gasteiger partial charge in [-0.05, 0) is 141 Å². The first-order valence-electron chi connectivity index (χ1n) is 24.4. The number of nitrogens with one attached hydrogen (secondary N) is 1. The maximum absolute atomic E-state index is 13.2. The summed E-state index contributed by atoms with van der Waals surface area (Å²) in [4.78, 5) is 25.2. The summed E-state index contributed by atoms with van der Waals surface area (Å²) < 4.78 is 34.3. The monoisotopic (exact) mass is 948 g/mol. The van der Waals surface area contributed by atoms with Gasteiger partial charge in [0.25, 0.3) is 0 Å². The molecule has 0 saturated heterocycles. The van der Waals surface area contributed by atoms with Gasteiger partial charge in [-0.2, -0.15) is 0 Å². The number of rotatable bonds is 20. The summed E-state index contributed by atoms with van der Waals surface area (Å²) in [5.74, 6) is 1.03. The zero-order chi connectivity index (χ0) is 51.7. The Morgan fingerprint density at radius 3 is 1.16 bits per heavy atom. The number of carboxylic acids is 1. The molecule has 69 heavy (non-hydrogen) atoms. The number of methoxy groups -OCH3 is 2. The molecule has 0 bridgehead atoms. The number of ether oxygens (including phenoxy) is 4. The van der Waals surface area contributed by atoms with Gasteiger partial charge < -0.3 is 45.3 Å². The van der Waals surface area contributed by atoms with Crippen molar-refractivity contribution in [2.75, 3.05) is 27.3 Å². The lowest BCUT2D eigenvalue weighted by atomic mass is 9.74. The first-order chi connectivity index (χ1) is 33.7. The molecule has 0 spiro atoms. The van der Waals surface area contributed by atoms with E-state index in [1.807, 2.05) is 93.6 Å². The quantitative estimate of drug-likeness (QED) is 0.0464. The largest absolute Gasteiger partial charge is 0.497 e. The minimum absolute atomic E-state index is 0. The average molecular weight is 948 g/mol. The molecule has 1 amide bonds. The molecule has 0 saturated carbocycles. The first kappa shape index (κ1) is 54.9. The van der Waals surface area contributed by atoms with Gasteiger partial charge in [-0.1, -0.05) is 126 Å². The first-order valence-corrected chi connectivity index (χ1v) is 22.7. The van der Waals surface area contributed by atoms with Gasteiger partial charge in [0.2, 0.25) is 5.91 Å². The number of carboxylic acid groups (broad SMARTS) is 1. The van der Waals surface area contributed by atoms with Crippen molar-refractivity contribution in [2.24, 2.45) is 17.6 Å². The standard InChI is InChI=1S/C29H36N2O4.C25H26O5.C2H6.2CH4/c1-4-27(28(32)31-20-6-5-19-30)29(33,22-9-15-24(34-3)16-10-22)23-11-17-26(18-12-23)35-25-13-7-21(2)8-14-25;1-4-23(24(26)27)25(28,18-7-13-20(29-3)14-8-18)19-9-15-22(16-10-19)30-21-11-5-17(2)6-12-21;1-2;;/h7-18,27,33H,4-6,19-20,30H2,1-3H3,(H,31,32);5-16,23,28H,4H2,1-3H3,(H,26,27);1-2H3;2*1H4/i;;1D;1T;. The number of nitrogens with two attached hydrogens (primary N) is 1. The molecule has 4 atom stereocenters. The Hall–Kier alpha value is -6.66. The fraction of sp³-hybridized carbons (Fsp3) is 0.345. The van der Waals surface area contributed by atoms with Crippen LogP contribution in [0.1, 0.15) is 104 Å². The van der Waals surface area contributed by atoms with Crippen molar-refractivity contribution in [3.63, 3.8) is 0 Å². The van der Waals surface area contributed by atoms with Crippen molar-refractivity contribution in [3.8, 4) is 34.5 Å². The molecule has 0 aromatic heterocycles. The predicted molar refractivity (Wildman–Crippen MR) is 279 cm³/mol. The van der Waals surface area contributed by atoms with Crippen molar-refractivity contribution in [3.05, 3.63) is 179 Å². The molecule has 0 aliphatic carbocycles. The summed E-state index contributed by atoms with van der Waals surface area (Å²) in [6.07, 6.45) is 2.35. The summed E-state index contributed by atoms with van der Waals surface area (Å²) in [5, 5.41) is 36.7. The second kappa shape index (κ2) is 28.6. The number of aliphatic carboxylic acids is 1. The predicted octanol–water partition coefficient (Wildman–Crippen LogP) is 12.4. The summed E-state index contributed by atoms with van der Waals surface area (Å²) >= 11 is 0. The van der Waals surface area contributed by atoms with Crippen molar-refractivity contribution >= 4 is 11.9 Å². The molecule has 0 radical (unpaired) electrons. The number of benzene rings is 6. The van der Waals surface area contributed by atoms with Gasteiger partial charge in [0.1, 0.15) is 45.7 Å². The van der Waals surface area contributed by atoms with E-state index in [0.29, 0.717) is 77.4 Å². The Bertz CT molecular complexity index is 2420. The maximum Gasteiger partial charge on any atom is 0.310 e. The number of aliphatic hydroxyl groups is 2. The molecule has 0 aliphatic heterocycles. The lowest BCUT2D eigenvalue weighted by Gasteiger charge is -2.36. The molecule has 11 nitrogen and oxygen atoms in total. The number of hydrogen-bond acceptors (Lipinski definition) is 9. The van der Waals surface area contributed by atoms with Crippen LogP contribution in [0.25, 0.3) is 0 Å². The second-order valence-corrected chi connectivity index (χ2v) is 15.9. The third kappa shape index (κ3) is 15.2. The van der Waals surface area contributed by atoms with E-state index in [1.165, 1.54) is 7.40 Å². The molecule has 4 unspecified atom stereocenters. The topological polar surface area (TPSA) is 170 Å². The van der Waals surface area contributed by atoms with Crippen molar-refractivity contribution < 1.29 is 46.6 Å². The molecule has 6 N–H and O–H groups in total. The van der Waals surface area contributed by atoms with Gasteiger partial charge >= 0.3 is 5.97 Å². The fourth-order valence-electron chi connectivity index (χ4n) is 7.79. The van der Waals surface area contributed by atoms with E-state index in [4.69, 9.17) is 27.4 Å². The van der Waals surface area contributed by atoms with Gasteiger partial charge in [-0.25, -0.2) is 0 Å². The van der Waals surface area contributed by atoms with Crippen LogP contribution in [-0.4, -0.2) is 54.5 Å². The Balaban J connectivity index is 0.000000445. The molecule has 372 valence electrons. The van der Waals surface area contributed by atoms with Gasteiger partial charge in [0.05, 0.1) is 26.1 Å². The number of aryl methyl sites for hydroxylation is 2. The van der Waals surface area contributed by atoms with E-state index < -0.39 is 29.0 Å². The Kier molecular flexibility index (Phi) is 22.8. The molecule has 6 aromatic carbocycles. The molecular weight excluding hydrogens is 869 g/mol. The lowest BCUT2D eigenvalue weighted by Crippen LogP contribution is -2.45. The molecule has 11 heteroatoms. The summed E-state index contributed by atoms with van der Waals surface area (Å²) in [5.41, 5.74) is 6.84. The summed E-state index contributed by atoms with van der Waals surface area (Å²) in [7, 11) is 4.40. The van der Waals surface area contributed by atoms with Gasteiger partial charge in [-0.15, -0.1) is 0 Å². The minimum Gasteiger partial charge on any atom is -0.497 e. The van der Waals surface area contributed by atoms with E-state index >= 15 is 0 Å². The highest BCUT2D eigenvalue weighted by Crippen LogP contribution is 2.42. The molecule has 0 fully saturated rings. The van der Waals surface area contributed by atoms with Gasteiger partial charge in [-0.3, -0.25) is 9.59 Å². The van der Waals surface area contributed by atoms with Crippen LogP contribution in [0.4, 0.5) is 0 Å². The summed E-state index contributed by atoms with van der Waals surface area (Å²) in [6, 6.07) is 43.7. The van der Waals surface area contributed by atoms with Crippen molar-refractivity contribution in [1.29, 1.82) is 0 Å². The van der Waals surface area contributed by atoms with E-state index in [0.717, 1.165) is 29.7 Å². The van der Waals surface area contributed by atoms with Crippen molar-refractivity contribution in [1.82, 2.24) is 5.32 Å². The van der Waals surface area contributed by atoms with Crippen LogP contribution < -0.4 is 30.0 Å². The lowest BCUT2D eigenvalue weighted by molar-refractivity contribution is -0.150. The van der Waals surface area contributed by atoms with E-state index in [-0.39, 0.29) is 19.8 Å². The molecule has 0 heterocycles. The van der Waals surface area contributed by atoms with Gasteiger partial charge in [0.15, 0.2) is 0 Å². The van der Waals surface area contributed by atoms with Crippen LogP contribution in [-0.2, 0) is 20.8 Å². The van der Waals surface area contributed by atoms with E-state index in [2.05, 4.69) is 5.32 Å².